The molecule has 2 aliphatic carbocycles. The third kappa shape index (κ3) is 4.51. The molecular weight excluding hydrogens is 412 g/mol. The summed E-state index contributed by atoms with van der Waals surface area (Å²) in [5, 5.41) is 0. The first-order chi connectivity index (χ1) is 15.4. The molecular formula is C28H32F4. The molecule has 172 valence electrons. The van der Waals surface area contributed by atoms with Crippen LogP contribution in [-0.4, -0.2) is 0 Å². The lowest BCUT2D eigenvalue weighted by molar-refractivity contribution is 0.114. The molecule has 0 aromatic heterocycles. The van der Waals surface area contributed by atoms with Gasteiger partial charge in [-0.25, -0.2) is 17.6 Å². The Labute approximate surface area is 188 Å². The van der Waals surface area contributed by atoms with Gasteiger partial charge >= 0.3 is 0 Å². The highest BCUT2D eigenvalue weighted by molar-refractivity contribution is 5.66. The van der Waals surface area contributed by atoms with E-state index in [-0.39, 0.29) is 22.6 Å². The molecule has 2 fully saturated rings. The van der Waals surface area contributed by atoms with Crippen LogP contribution in [-0.2, 0) is 0 Å². The van der Waals surface area contributed by atoms with Crippen LogP contribution in [0.15, 0.2) is 36.4 Å². The highest BCUT2D eigenvalue weighted by Crippen LogP contribution is 2.49. The standard InChI is InChI=1S/C28H32F4/c1-3-4-5-6-18-8-9-20-16-21(11-10-19(20)15-18)22-13-14-24(28(32)26(22)30)23-12-7-17(2)25(29)27(23)31/h3-4,7,12-14,18-21H,5-6,8-11,15-16H2,1-2H3/b4-3+. The Morgan fingerprint density at radius 3 is 2.19 bits per heavy atom. The number of halogens is 4. The second-order valence-electron chi connectivity index (χ2n) is 9.74. The third-order valence-corrected chi connectivity index (χ3v) is 7.82. The Morgan fingerprint density at radius 1 is 0.781 bits per heavy atom. The first kappa shape index (κ1) is 23.1. The van der Waals surface area contributed by atoms with E-state index in [1.54, 1.807) is 6.07 Å². The molecule has 2 aromatic rings. The molecule has 0 nitrogen and oxygen atoms in total. The summed E-state index contributed by atoms with van der Waals surface area (Å²) in [6, 6.07) is 5.68. The molecule has 32 heavy (non-hydrogen) atoms. The van der Waals surface area contributed by atoms with Crippen LogP contribution in [0.3, 0.4) is 0 Å². The van der Waals surface area contributed by atoms with E-state index in [0.29, 0.717) is 17.4 Å². The topological polar surface area (TPSA) is 0 Å². The average Bonchev–Trinajstić information content (AvgIpc) is 2.80. The number of hydrogen-bond acceptors (Lipinski definition) is 0. The van der Waals surface area contributed by atoms with Crippen LogP contribution in [0.2, 0.25) is 0 Å². The predicted molar refractivity (Wildman–Crippen MR) is 121 cm³/mol. The zero-order valence-corrected chi connectivity index (χ0v) is 18.9. The summed E-state index contributed by atoms with van der Waals surface area (Å²) in [4.78, 5) is 0. The second kappa shape index (κ2) is 9.80. The normalized spacial score (nSPS) is 25.8. The Kier molecular flexibility index (Phi) is 7.07. The molecule has 0 aliphatic heterocycles. The summed E-state index contributed by atoms with van der Waals surface area (Å²) < 4.78 is 58.4. The summed E-state index contributed by atoms with van der Waals surface area (Å²) >= 11 is 0. The molecule has 2 aromatic carbocycles. The molecule has 0 N–H and O–H groups in total. The monoisotopic (exact) mass is 444 g/mol. The lowest BCUT2D eigenvalue weighted by Crippen LogP contribution is -2.30. The van der Waals surface area contributed by atoms with E-state index in [1.165, 1.54) is 44.4 Å². The van der Waals surface area contributed by atoms with Crippen molar-refractivity contribution < 1.29 is 17.6 Å². The zero-order valence-electron chi connectivity index (χ0n) is 18.9. The maximum atomic E-state index is 15.1. The molecule has 4 unspecified atom stereocenters. The van der Waals surface area contributed by atoms with Gasteiger partial charge in [0.25, 0.3) is 0 Å². The molecule has 2 aliphatic rings. The highest BCUT2D eigenvalue weighted by atomic mass is 19.2. The van der Waals surface area contributed by atoms with E-state index in [4.69, 9.17) is 0 Å². The van der Waals surface area contributed by atoms with Gasteiger partial charge in [-0.2, -0.15) is 0 Å². The number of rotatable bonds is 5. The maximum Gasteiger partial charge on any atom is 0.167 e. The Balaban J connectivity index is 1.49. The molecule has 4 atom stereocenters. The molecule has 0 amide bonds. The van der Waals surface area contributed by atoms with Crippen LogP contribution in [0.5, 0.6) is 0 Å². The van der Waals surface area contributed by atoms with Crippen LogP contribution >= 0.6 is 0 Å². The van der Waals surface area contributed by atoms with Crippen LogP contribution in [0.4, 0.5) is 17.6 Å². The number of benzene rings is 2. The zero-order chi connectivity index (χ0) is 22.8. The van der Waals surface area contributed by atoms with Crippen molar-refractivity contribution in [1.29, 1.82) is 0 Å². The van der Waals surface area contributed by atoms with Gasteiger partial charge in [0.05, 0.1) is 0 Å². The molecule has 0 spiro atoms. The van der Waals surface area contributed by atoms with Crippen molar-refractivity contribution >= 4 is 0 Å². The molecule has 2 saturated carbocycles. The first-order valence-electron chi connectivity index (χ1n) is 11.9. The molecule has 0 bridgehead atoms. The van der Waals surface area contributed by atoms with Gasteiger partial charge in [-0.05, 0) is 93.6 Å². The summed E-state index contributed by atoms with van der Waals surface area (Å²) in [6.45, 7) is 3.50. The number of hydrogen-bond donors (Lipinski definition) is 0. The van der Waals surface area contributed by atoms with Gasteiger partial charge in [0, 0.05) is 11.1 Å². The Bertz CT molecular complexity index is 993. The van der Waals surface area contributed by atoms with Gasteiger partial charge in [-0.15, -0.1) is 0 Å². The van der Waals surface area contributed by atoms with Gasteiger partial charge in [0.15, 0.2) is 23.3 Å². The smallest absolute Gasteiger partial charge is 0.167 e. The predicted octanol–water partition coefficient (Wildman–Crippen LogP) is 8.87. The van der Waals surface area contributed by atoms with E-state index in [9.17, 15) is 13.2 Å². The van der Waals surface area contributed by atoms with Crippen molar-refractivity contribution in [2.75, 3.05) is 0 Å². The minimum absolute atomic E-state index is 0.0148. The first-order valence-corrected chi connectivity index (χ1v) is 11.9. The number of fused-ring (bicyclic) bond motifs is 1. The second-order valence-corrected chi connectivity index (χ2v) is 9.74. The Hall–Kier alpha value is -2.10. The quantitative estimate of drug-likeness (QED) is 0.319. The van der Waals surface area contributed by atoms with Crippen LogP contribution in [0.25, 0.3) is 11.1 Å². The fourth-order valence-corrected chi connectivity index (χ4v) is 5.97. The molecule has 4 rings (SSSR count). The van der Waals surface area contributed by atoms with E-state index in [0.717, 1.165) is 38.0 Å². The summed E-state index contributed by atoms with van der Waals surface area (Å²) in [5.74, 6) is -2.13. The summed E-state index contributed by atoms with van der Waals surface area (Å²) in [5.41, 5.74) is 0.0546. The van der Waals surface area contributed by atoms with Crippen molar-refractivity contribution in [3.05, 3.63) is 70.8 Å². The molecule has 0 saturated heterocycles. The van der Waals surface area contributed by atoms with Gasteiger partial charge in [-0.3, -0.25) is 0 Å². The van der Waals surface area contributed by atoms with E-state index in [2.05, 4.69) is 19.1 Å². The van der Waals surface area contributed by atoms with Crippen molar-refractivity contribution in [1.82, 2.24) is 0 Å². The Morgan fingerprint density at radius 2 is 1.44 bits per heavy atom. The van der Waals surface area contributed by atoms with Crippen molar-refractivity contribution in [3.63, 3.8) is 0 Å². The average molecular weight is 445 g/mol. The van der Waals surface area contributed by atoms with Crippen molar-refractivity contribution in [3.8, 4) is 11.1 Å². The third-order valence-electron chi connectivity index (χ3n) is 7.82. The minimum Gasteiger partial charge on any atom is -0.203 e. The van der Waals surface area contributed by atoms with Crippen LogP contribution in [0, 0.1) is 47.9 Å². The van der Waals surface area contributed by atoms with Crippen LogP contribution < -0.4 is 0 Å². The van der Waals surface area contributed by atoms with Gasteiger partial charge in [-0.1, -0.05) is 42.8 Å². The fourth-order valence-electron chi connectivity index (χ4n) is 5.97. The van der Waals surface area contributed by atoms with Gasteiger partial charge in [0.2, 0.25) is 0 Å². The number of allylic oxidation sites excluding steroid dienone is 2. The lowest BCUT2D eigenvalue weighted by atomic mass is 9.63. The highest BCUT2D eigenvalue weighted by Gasteiger charge is 2.37. The van der Waals surface area contributed by atoms with E-state index < -0.39 is 23.3 Å². The molecule has 0 heterocycles. The van der Waals surface area contributed by atoms with Gasteiger partial charge < -0.3 is 0 Å². The van der Waals surface area contributed by atoms with E-state index in [1.807, 2.05) is 0 Å². The summed E-state index contributed by atoms with van der Waals surface area (Å²) in [6.07, 6.45) is 13.2. The van der Waals surface area contributed by atoms with Gasteiger partial charge in [0.1, 0.15) is 0 Å². The number of aryl methyl sites for hydroxylation is 1. The fraction of sp³-hybridized carbons (Fsp3) is 0.500. The van der Waals surface area contributed by atoms with Crippen LogP contribution in [0.1, 0.15) is 75.3 Å². The van der Waals surface area contributed by atoms with Crippen molar-refractivity contribution in [2.45, 2.75) is 71.1 Å². The minimum atomic E-state index is -1.14. The SMILES string of the molecule is C/C=C/CCC1CCC2CC(c3ccc(-c4ccc(C)c(F)c4F)c(F)c3F)CCC2C1. The largest absolute Gasteiger partial charge is 0.203 e. The molecule has 4 heteroatoms. The van der Waals surface area contributed by atoms with Crippen molar-refractivity contribution in [2.24, 2.45) is 17.8 Å². The van der Waals surface area contributed by atoms with E-state index >= 15 is 4.39 Å². The lowest BCUT2D eigenvalue weighted by Gasteiger charge is -2.42. The maximum absolute atomic E-state index is 15.1. The summed E-state index contributed by atoms with van der Waals surface area (Å²) in [7, 11) is 0. The molecule has 0 radical (unpaired) electrons.